The number of carbonyl (C=O) groups is 1. The number of aromatic carboxylic acids is 1. The lowest BCUT2D eigenvalue weighted by Crippen LogP contribution is -2.30. The van der Waals surface area contributed by atoms with Crippen molar-refractivity contribution in [1.29, 1.82) is 0 Å². The van der Waals surface area contributed by atoms with Crippen LogP contribution in [0, 0.1) is 5.82 Å². The number of nitrogens with one attached hydrogen (secondary N) is 1. The van der Waals surface area contributed by atoms with E-state index in [0.29, 0.717) is 12.2 Å². The highest BCUT2D eigenvalue weighted by Crippen LogP contribution is 2.40. The second kappa shape index (κ2) is 5.91. The van der Waals surface area contributed by atoms with E-state index < -0.39 is 17.3 Å². The molecule has 1 aliphatic rings. The van der Waals surface area contributed by atoms with Crippen LogP contribution >= 0.6 is 11.8 Å². The highest BCUT2D eigenvalue weighted by atomic mass is 32.2. The molecule has 0 aromatic heterocycles. The summed E-state index contributed by atoms with van der Waals surface area (Å²) >= 11 is 1.83. The van der Waals surface area contributed by atoms with Gasteiger partial charge in [0.25, 0.3) is 0 Å². The molecule has 0 aliphatic heterocycles. The van der Waals surface area contributed by atoms with E-state index in [0.717, 1.165) is 12.8 Å². The molecule has 1 fully saturated rings. The molecule has 0 atom stereocenters. The van der Waals surface area contributed by atoms with Gasteiger partial charge in [0.15, 0.2) is 0 Å². The molecule has 0 radical (unpaired) electrons. The van der Waals surface area contributed by atoms with Gasteiger partial charge >= 0.3 is 5.97 Å². The number of hydrogen-bond donors (Lipinski definition) is 3. The van der Waals surface area contributed by atoms with Crippen molar-refractivity contribution in [2.24, 2.45) is 0 Å². The van der Waals surface area contributed by atoms with Crippen molar-refractivity contribution in [2.75, 3.05) is 23.9 Å². The number of carboxylic acid groups (broad SMARTS) is 1. The van der Waals surface area contributed by atoms with Gasteiger partial charge in [-0.3, -0.25) is 0 Å². The van der Waals surface area contributed by atoms with Crippen molar-refractivity contribution < 1.29 is 14.3 Å². The van der Waals surface area contributed by atoms with Crippen LogP contribution in [0.2, 0.25) is 0 Å². The molecule has 4 nitrogen and oxygen atoms in total. The summed E-state index contributed by atoms with van der Waals surface area (Å²) in [5, 5.41) is 12.0. The molecule has 20 heavy (non-hydrogen) atoms. The summed E-state index contributed by atoms with van der Waals surface area (Å²) in [5.74, 6) is -2.07. The maximum Gasteiger partial charge on any atom is 0.338 e. The van der Waals surface area contributed by atoms with Gasteiger partial charge in [-0.15, -0.1) is 0 Å². The molecule has 2 rings (SSSR count). The normalized spacial score (nSPS) is 17.1. The maximum absolute atomic E-state index is 13.7. The standard InChI is InChI=1S/C14H19FN2O2S/c1-20-14(4-2-3-5-14)8-17-12-7-10(15)9(13(18)19)6-11(12)16/h6-7,17H,2-5,8,16H2,1H3,(H,18,19). The van der Waals surface area contributed by atoms with Crippen molar-refractivity contribution in [1.82, 2.24) is 0 Å². The van der Waals surface area contributed by atoms with E-state index in [-0.39, 0.29) is 10.4 Å². The Bertz CT molecular complexity index is 516. The van der Waals surface area contributed by atoms with Gasteiger partial charge in [0, 0.05) is 11.3 Å². The number of nitrogen functional groups attached to an aromatic ring is 1. The summed E-state index contributed by atoms with van der Waals surface area (Å²) in [5.41, 5.74) is 6.13. The molecule has 110 valence electrons. The van der Waals surface area contributed by atoms with E-state index in [4.69, 9.17) is 10.8 Å². The SMILES string of the molecule is CSC1(CNc2cc(F)c(C(=O)O)cc2N)CCCC1. The summed E-state index contributed by atoms with van der Waals surface area (Å²) in [6.07, 6.45) is 6.78. The van der Waals surface area contributed by atoms with E-state index in [1.165, 1.54) is 25.0 Å². The van der Waals surface area contributed by atoms with Crippen LogP contribution in [0.3, 0.4) is 0 Å². The van der Waals surface area contributed by atoms with Crippen LogP contribution in [-0.2, 0) is 0 Å². The van der Waals surface area contributed by atoms with Crippen molar-refractivity contribution in [2.45, 2.75) is 30.4 Å². The third kappa shape index (κ3) is 3.00. The highest BCUT2D eigenvalue weighted by Gasteiger charge is 2.32. The molecule has 1 saturated carbocycles. The van der Waals surface area contributed by atoms with Crippen molar-refractivity contribution in [3.63, 3.8) is 0 Å². The number of nitrogens with two attached hydrogens (primary N) is 1. The van der Waals surface area contributed by atoms with Crippen molar-refractivity contribution in [3.8, 4) is 0 Å². The number of thioether (sulfide) groups is 1. The van der Waals surface area contributed by atoms with Crippen LogP contribution in [0.25, 0.3) is 0 Å². The minimum atomic E-state index is -1.31. The fraction of sp³-hybridized carbons (Fsp3) is 0.500. The number of rotatable bonds is 5. The Hall–Kier alpha value is -1.43. The zero-order chi connectivity index (χ0) is 14.8. The molecule has 6 heteroatoms. The topological polar surface area (TPSA) is 75.3 Å². The number of hydrogen-bond acceptors (Lipinski definition) is 4. The first kappa shape index (κ1) is 15.0. The first-order valence-electron chi connectivity index (χ1n) is 6.59. The lowest BCUT2D eigenvalue weighted by molar-refractivity contribution is 0.0692. The summed E-state index contributed by atoms with van der Waals surface area (Å²) in [6.45, 7) is 0.713. The fourth-order valence-corrected chi connectivity index (χ4v) is 3.55. The number of benzene rings is 1. The molecule has 0 amide bonds. The van der Waals surface area contributed by atoms with E-state index in [2.05, 4.69) is 11.6 Å². The van der Waals surface area contributed by atoms with Crippen molar-refractivity contribution >= 4 is 29.1 Å². The minimum absolute atomic E-state index is 0.175. The summed E-state index contributed by atoms with van der Waals surface area (Å²) in [4.78, 5) is 10.8. The average Bonchev–Trinajstić information content (AvgIpc) is 2.88. The third-order valence-electron chi connectivity index (χ3n) is 3.92. The van der Waals surface area contributed by atoms with Crippen LogP contribution in [0.15, 0.2) is 12.1 Å². The van der Waals surface area contributed by atoms with E-state index in [1.807, 2.05) is 11.8 Å². The molecule has 0 bridgehead atoms. The Morgan fingerprint density at radius 1 is 1.50 bits per heavy atom. The first-order chi connectivity index (χ1) is 9.47. The minimum Gasteiger partial charge on any atom is -0.478 e. The maximum atomic E-state index is 13.7. The molecule has 1 aromatic rings. The van der Waals surface area contributed by atoms with Gasteiger partial charge in [-0.1, -0.05) is 12.8 Å². The molecule has 0 spiro atoms. The van der Waals surface area contributed by atoms with Crippen LogP contribution < -0.4 is 11.1 Å². The summed E-state index contributed by atoms with van der Waals surface area (Å²) in [6, 6.07) is 2.34. The number of carboxylic acids is 1. The second-order valence-corrected chi connectivity index (χ2v) is 6.45. The Labute approximate surface area is 121 Å². The van der Waals surface area contributed by atoms with Gasteiger partial charge in [0.05, 0.1) is 16.9 Å². The van der Waals surface area contributed by atoms with Gasteiger partial charge in [-0.25, -0.2) is 9.18 Å². The fourth-order valence-electron chi connectivity index (χ4n) is 2.64. The first-order valence-corrected chi connectivity index (χ1v) is 7.81. The van der Waals surface area contributed by atoms with Gasteiger partial charge in [0.1, 0.15) is 5.82 Å². The predicted octanol–water partition coefficient (Wildman–Crippen LogP) is 3.19. The predicted molar refractivity (Wildman–Crippen MR) is 81.0 cm³/mol. The van der Waals surface area contributed by atoms with Gasteiger partial charge in [-0.2, -0.15) is 11.8 Å². The zero-order valence-electron chi connectivity index (χ0n) is 11.4. The monoisotopic (exact) mass is 298 g/mol. The van der Waals surface area contributed by atoms with Gasteiger partial charge < -0.3 is 16.2 Å². The highest BCUT2D eigenvalue weighted by molar-refractivity contribution is 8.00. The Kier molecular flexibility index (Phi) is 4.42. The van der Waals surface area contributed by atoms with Crippen molar-refractivity contribution in [3.05, 3.63) is 23.5 Å². The zero-order valence-corrected chi connectivity index (χ0v) is 12.2. The smallest absolute Gasteiger partial charge is 0.338 e. The molecular weight excluding hydrogens is 279 g/mol. The van der Waals surface area contributed by atoms with Gasteiger partial charge in [0.2, 0.25) is 0 Å². The van der Waals surface area contributed by atoms with Crippen LogP contribution in [0.5, 0.6) is 0 Å². The van der Waals surface area contributed by atoms with Crippen LogP contribution in [-0.4, -0.2) is 28.6 Å². The summed E-state index contributed by atoms with van der Waals surface area (Å²) < 4.78 is 13.9. The largest absolute Gasteiger partial charge is 0.478 e. The van der Waals surface area contributed by atoms with E-state index in [1.54, 1.807) is 0 Å². The molecule has 1 aromatic carbocycles. The van der Waals surface area contributed by atoms with Crippen LogP contribution in [0.4, 0.5) is 15.8 Å². The Morgan fingerprint density at radius 2 is 2.15 bits per heavy atom. The Balaban J connectivity index is 2.14. The van der Waals surface area contributed by atoms with E-state index in [9.17, 15) is 9.18 Å². The number of anilines is 2. The molecule has 0 unspecified atom stereocenters. The van der Waals surface area contributed by atoms with Crippen LogP contribution in [0.1, 0.15) is 36.0 Å². The molecule has 4 N–H and O–H groups in total. The molecule has 0 heterocycles. The number of halogens is 1. The molecule has 1 aliphatic carbocycles. The second-order valence-electron chi connectivity index (χ2n) is 5.17. The Morgan fingerprint density at radius 3 is 2.70 bits per heavy atom. The van der Waals surface area contributed by atoms with E-state index >= 15 is 0 Å². The van der Waals surface area contributed by atoms with Gasteiger partial charge in [-0.05, 0) is 31.2 Å². The molecule has 0 saturated heterocycles. The lowest BCUT2D eigenvalue weighted by atomic mass is 10.1. The third-order valence-corrected chi connectivity index (χ3v) is 5.34. The average molecular weight is 298 g/mol. The quantitative estimate of drug-likeness (QED) is 0.728. The molecular formula is C14H19FN2O2S. The summed E-state index contributed by atoms with van der Waals surface area (Å²) in [7, 11) is 0. The lowest BCUT2D eigenvalue weighted by Gasteiger charge is -2.27.